The Morgan fingerprint density at radius 3 is 2.12 bits per heavy atom. The SMILES string of the molecule is NC1=NC2C(CSC2CCCCC(=O)NCCCOCCOCCOCCCNC(=O)CCN2C(=O)C=CC2=O)N1. The van der Waals surface area contributed by atoms with Gasteiger partial charge in [-0.1, -0.05) is 6.42 Å². The molecule has 3 heterocycles. The first-order valence-corrected chi connectivity index (χ1v) is 15.5. The number of carbonyl (C=O) groups is 4. The Morgan fingerprint density at radius 2 is 1.49 bits per heavy atom. The van der Waals surface area contributed by atoms with Crippen LogP contribution in [0.15, 0.2) is 17.1 Å². The zero-order chi connectivity index (χ0) is 29.3. The summed E-state index contributed by atoms with van der Waals surface area (Å²) in [6, 6.07) is 0.660. The first kappa shape index (κ1) is 32.8. The number of nitrogens with one attached hydrogen (secondary N) is 3. The monoisotopic (exact) mass is 596 g/mol. The van der Waals surface area contributed by atoms with Crippen molar-refractivity contribution >= 4 is 41.4 Å². The third kappa shape index (κ3) is 12.4. The number of aliphatic imine (C=N–C) groups is 1. The third-order valence-corrected chi connectivity index (χ3v) is 8.32. The van der Waals surface area contributed by atoms with Crippen LogP contribution in [0.4, 0.5) is 0 Å². The number of guanidine groups is 1. The number of carbonyl (C=O) groups excluding carboxylic acids is 4. The molecular weight excluding hydrogens is 552 g/mol. The van der Waals surface area contributed by atoms with Gasteiger partial charge >= 0.3 is 0 Å². The van der Waals surface area contributed by atoms with Gasteiger partial charge in [0.2, 0.25) is 11.8 Å². The van der Waals surface area contributed by atoms with Crippen molar-refractivity contribution < 1.29 is 33.4 Å². The number of amides is 4. The molecule has 3 unspecified atom stereocenters. The Labute approximate surface area is 245 Å². The Bertz CT molecular complexity index is 916. The van der Waals surface area contributed by atoms with E-state index in [0.29, 0.717) is 82.8 Å². The molecule has 4 amide bonds. The Hall–Kier alpha value is -2.68. The number of fused-ring (bicyclic) bond motifs is 1. The highest BCUT2D eigenvalue weighted by Crippen LogP contribution is 2.35. The van der Waals surface area contributed by atoms with Crippen molar-refractivity contribution in [2.75, 3.05) is 65.0 Å². The molecule has 41 heavy (non-hydrogen) atoms. The lowest BCUT2D eigenvalue weighted by atomic mass is 10.0. The number of rotatable bonds is 22. The molecule has 1 fully saturated rings. The first-order valence-electron chi connectivity index (χ1n) is 14.5. The lowest BCUT2D eigenvalue weighted by molar-refractivity contribution is -0.137. The summed E-state index contributed by atoms with van der Waals surface area (Å²) in [6.45, 7) is 4.05. The highest BCUT2D eigenvalue weighted by atomic mass is 32.2. The molecular formula is C27H44N6O7S. The van der Waals surface area contributed by atoms with Crippen LogP contribution in [0.3, 0.4) is 0 Å². The van der Waals surface area contributed by atoms with E-state index in [4.69, 9.17) is 19.9 Å². The predicted molar refractivity (Wildman–Crippen MR) is 155 cm³/mol. The molecule has 3 aliphatic rings. The smallest absolute Gasteiger partial charge is 0.253 e. The third-order valence-electron chi connectivity index (χ3n) is 6.83. The quantitative estimate of drug-likeness (QED) is 0.0959. The molecule has 5 N–H and O–H groups in total. The molecule has 0 bridgehead atoms. The summed E-state index contributed by atoms with van der Waals surface area (Å²) in [4.78, 5) is 52.2. The van der Waals surface area contributed by atoms with Crippen molar-refractivity contribution in [1.82, 2.24) is 20.9 Å². The van der Waals surface area contributed by atoms with Crippen molar-refractivity contribution in [2.45, 2.75) is 62.3 Å². The topological polar surface area (TPSA) is 174 Å². The highest BCUT2D eigenvalue weighted by Gasteiger charge is 2.40. The second-order valence-electron chi connectivity index (χ2n) is 10.0. The second kappa shape index (κ2) is 18.7. The van der Waals surface area contributed by atoms with Gasteiger partial charge in [-0.05, 0) is 25.7 Å². The minimum absolute atomic E-state index is 0.0806. The summed E-state index contributed by atoms with van der Waals surface area (Å²) >= 11 is 1.95. The lowest BCUT2D eigenvalue weighted by Crippen LogP contribution is -2.38. The summed E-state index contributed by atoms with van der Waals surface area (Å²) in [6.07, 6.45) is 7.40. The van der Waals surface area contributed by atoms with Crippen LogP contribution in [0, 0.1) is 0 Å². The van der Waals surface area contributed by atoms with Crippen molar-refractivity contribution in [1.29, 1.82) is 0 Å². The summed E-state index contributed by atoms with van der Waals surface area (Å²) in [5, 5.41) is 9.41. The molecule has 0 radical (unpaired) electrons. The fraction of sp³-hybridized carbons (Fsp3) is 0.741. The van der Waals surface area contributed by atoms with Gasteiger partial charge in [0.1, 0.15) is 0 Å². The fourth-order valence-electron chi connectivity index (χ4n) is 4.64. The molecule has 230 valence electrons. The number of thioether (sulfide) groups is 1. The molecule has 3 rings (SSSR count). The predicted octanol–water partition coefficient (Wildman–Crippen LogP) is -0.305. The Kier molecular flexibility index (Phi) is 15.0. The van der Waals surface area contributed by atoms with Gasteiger partial charge in [-0.15, -0.1) is 0 Å². The lowest BCUT2D eigenvalue weighted by Gasteiger charge is -2.14. The van der Waals surface area contributed by atoms with E-state index in [1.165, 1.54) is 12.2 Å². The molecule has 3 atom stereocenters. The van der Waals surface area contributed by atoms with Gasteiger partial charge in [-0.2, -0.15) is 11.8 Å². The molecule has 0 aliphatic carbocycles. The van der Waals surface area contributed by atoms with E-state index in [2.05, 4.69) is 20.9 Å². The summed E-state index contributed by atoms with van der Waals surface area (Å²) < 4.78 is 16.5. The van der Waals surface area contributed by atoms with E-state index >= 15 is 0 Å². The van der Waals surface area contributed by atoms with Gasteiger partial charge in [0.15, 0.2) is 5.96 Å². The molecule has 0 aromatic heterocycles. The van der Waals surface area contributed by atoms with Crippen LogP contribution in [-0.2, 0) is 33.4 Å². The van der Waals surface area contributed by atoms with Gasteiger partial charge in [-0.25, -0.2) is 4.99 Å². The van der Waals surface area contributed by atoms with Gasteiger partial charge in [0, 0.05) is 68.8 Å². The fourth-order valence-corrected chi connectivity index (χ4v) is 6.16. The zero-order valence-electron chi connectivity index (χ0n) is 23.6. The van der Waals surface area contributed by atoms with E-state index in [1.54, 1.807) is 0 Å². The number of imide groups is 1. The maximum absolute atomic E-state index is 12.0. The van der Waals surface area contributed by atoms with Crippen molar-refractivity contribution in [3.8, 4) is 0 Å². The molecule has 3 aliphatic heterocycles. The van der Waals surface area contributed by atoms with E-state index in [-0.39, 0.29) is 42.6 Å². The van der Waals surface area contributed by atoms with E-state index in [0.717, 1.165) is 36.3 Å². The maximum Gasteiger partial charge on any atom is 0.253 e. The molecule has 0 saturated carbocycles. The molecule has 0 spiro atoms. The van der Waals surface area contributed by atoms with Gasteiger partial charge in [0.25, 0.3) is 11.8 Å². The van der Waals surface area contributed by atoms with Crippen LogP contribution in [0.1, 0.15) is 44.9 Å². The molecule has 13 nitrogen and oxygen atoms in total. The second-order valence-corrected chi connectivity index (χ2v) is 11.3. The van der Waals surface area contributed by atoms with Crippen molar-refractivity contribution in [3.05, 3.63) is 12.2 Å². The van der Waals surface area contributed by atoms with Crippen LogP contribution in [-0.4, -0.2) is 117 Å². The van der Waals surface area contributed by atoms with Crippen LogP contribution in [0.2, 0.25) is 0 Å². The van der Waals surface area contributed by atoms with Gasteiger partial charge in [-0.3, -0.25) is 24.1 Å². The number of hydrogen-bond acceptors (Lipinski definition) is 11. The normalized spacial score (nSPS) is 21.2. The standard InChI is InChI=1S/C27H44N6O7S/c28-27-31-20-19-41-21(26(20)32-27)5-1-2-6-22(34)29-10-3-13-38-15-17-40-18-16-39-14-4-11-30-23(35)9-12-33-24(36)7-8-25(33)37/h7-8,20-21,26H,1-6,9-19H2,(H,29,34)(H,30,35)(H3,28,31,32). The molecule has 1 saturated heterocycles. The minimum atomic E-state index is -0.384. The van der Waals surface area contributed by atoms with Crippen molar-refractivity contribution in [2.24, 2.45) is 10.7 Å². The number of nitrogens with zero attached hydrogens (tertiary/aromatic N) is 2. The van der Waals surface area contributed by atoms with Gasteiger partial charge < -0.3 is 35.9 Å². The number of nitrogens with two attached hydrogens (primary N) is 1. The molecule has 0 aromatic carbocycles. The highest BCUT2D eigenvalue weighted by molar-refractivity contribution is 8.00. The number of hydrogen-bond donors (Lipinski definition) is 4. The Morgan fingerprint density at radius 1 is 0.902 bits per heavy atom. The summed E-state index contributed by atoms with van der Waals surface area (Å²) in [7, 11) is 0. The molecule has 0 aromatic rings. The largest absolute Gasteiger partial charge is 0.379 e. The average molecular weight is 597 g/mol. The van der Waals surface area contributed by atoms with E-state index in [9.17, 15) is 19.2 Å². The molecule has 14 heteroatoms. The maximum atomic E-state index is 12.0. The van der Waals surface area contributed by atoms with Gasteiger partial charge in [0.05, 0.1) is 38.5 Å². The van der Waals surface area contributed by atoms with E-state index in [1.807, 2.05) is 11.8 Å². The van der Waals surface area contributed by atoms with Crippen molar-refractivity contribution in [3.63, 3.8) is 0 Å². The zero-order valence-corrected chi connectivity index (χ0v) is 24.5. The summed E-state index contributed by atoms with van der Waals surface area (Å²) in [5.74, 6) is 0.711. The van der Waals surface area contributed by atoms with Crippen LogP contribution >= 0.6 is 11.8 Å². The van der Waals surface area contributed by atoms with Crippen LogP contribution in [0.5, 0.6) is 0 Å². The van der Waals surface area contributed by atoms with E-state index < -0.39 is 0 Å². The Balaban J connectivity index is 1.000. The first-order chi connectivity index (χ1) is 19.9. The average Bonchev–Trinajstić information content (AvgIpc) is 3.61. The number of unbranched alkanes of at least 4 members (excludes halogenated alkanes) is 1. The minimum Gasteiger partial charge on any atom is -0.379 e. The van der Waals surface area contributed by atoms with Crippen LogP contribution < -0.4 is 21.7 Å². The van der Waals surface area contributed by atoms with Crippen LogP contribution in [0.25, 0.3) is 0 Å². The summed E-state index contributed by atoms with van der Waals surface area (Å²) in [5.41, 5.74) is 5.77. The number of ether oxygens (including phenoxy) is 3.